The Morgan fingerprint density at radius 3 is 2.67 bits per heavy atom. The van der Waals surface area contributed by atoms with E-state index in [-0.39, 0.29) is 29.0 Å². The fourth-order valence-corrected chi connectivity index (χ4v) is 6.29. The second kappa shape index (κ2) is 8.03. The lowest BCUT2D eigenvalue weighted by atomic mass is 9.98. The number of benzene rings is 1. The van der Waals surface area contributed by atoms with Crippen LogP contribution in [-0.4, -0.2) is 61.9 Å². The maximum atomic E-state index is 13.4. The zero-order valence-electron chi connectivity index (χ0n) is 17.7. The zero-order valence-corrected chi connectivity index (χ0v) is 18.5. The monoisotopic (exact) mass is 432 g/mol. The van der Waals surface area contributed by atoms with Gasteiger partial charge in [0.2, 0.25) is 15.9 Å². The van der Waals surface area contributed by atoms with E-state index in [1.165, 1.54) is 4.31 Å². The van der Waals surface area contributed by atoms with E-state index in [9.17, 15) is 13.2 Å². The number of para-hydroxylation sites is 1. The lowest BCUT2D eigenvalue weighted by molar-refractivity contribution is -0.137. The van der Waals surface area contributed by atoms with Crippen LogP contribution in [0.4, 0.5) is 5.69 Å². The van der Waals surface area contributed by atoms with Crippen molar-refractivity contribution in [1.82, 2.24) is 14.4 Å². The Labute approximate surface area is 177 Å². The molecule has 8 nitrogen and oxygen atoms in total. The van der Waals surface area contributed by atoms with Crippen molar-refractivity contribution in [3.05, 3.63) is 41.3 Å². The summed E-state index contributed by atoms with van der Waals surface area (Å²) in [6, 6.07) is 8.11. The number of hydrogen-bond donors (Lipinski definition) is 0. The molecule has 9 heteroatoms. The summed E-state index contributed by atoms with van der Waals surface area (Å²) in [6.07, 6.45) is 1.35. The predicted molar refractivity (Wildman–Crippen MR) is 113 cm³/mol. The van der Waals surface area contributed by atoms with Crippen LogP contribution in [0.25, 0.3) is 0 Å². The van der Waals surface area contributed by atoms with Gasteiger partial charge in [0.25, 0.3) is 0 Å². The van der Waals surface area contributed by atoms with E-state index in [0.717, 1.165) is 17.8 Å². The SMILES string of the molecule is Cc1noc(C)c1S(=O)(=O)N1CCCC(C(=O)N2CCN(C)c3ccccc3C2)C1. The van der Waals surface area contributed by atoms with Crippen LogP contribution in [-0.2, 0) is 21.4 Å². The molecule has 1 saturated heterocycles. The first-order valence-electron chi connectivity index (χ1n) is 10.3. The summed E-state index contributed by atoms with van der Waals surface area (Å²) in [7, 11) is -1.71. The predicted octanol–water partition coefficient (Wildman–Crippen LogP) is 2.17. The summed E-state index contributed by atoms with van der Waals surface area (Å²) in [5.74, 6) is -0.0311. The number of carbonyl (C=O) groups is 1. The van der Waals surface area contributed by atoms with E-state index < -0.39 is 10.0 Å². The Bertz CT molecular complexity index is 1030. The highest BCUT2D eigenvalue weighted by atomic mass is 32.2. The van der Waals surface area contributed by atoms with Crippen LogP contribution in [0.2, 0.25) is 0 Å². The highest BCUT2D eigenvalue weighted by molar-refractivity contribution is 7.89. The maximum Gasteiger partial charge on any atom is 0.248 e. The Kier molecular flexibility index (Phi) is 5.59. The molecule has 3 heterocycles. The standard InChI is InChI=1S/C21H28N4O4S/c1-15-20(16(2)29-22-15)30(27,28)25-10-6-8-18(14-25)21(26)24-12-11-23(3)19-9-5-4-7-17(19)13-24/h4-5,7,9,18H,6,8,10-14H2,1-3H3. The van der Waals surface area contributed by atoms with Crippen molar-refractivity contribution in [2.45, 2.75) is 38.1 Å². The molecule has 1 aromatic carbocycles. The van der Waals surface area contributed by atoms with Crippen molar-refractivity contribution in [2.24, 2.45) is 5.92 Å². The van der Waals surface area contributed by atoms with Crippen LogP contribution in [0.5, 0.6) is 0 Å². The number of piperidine rings is 1. The molecule has 1 amide bonds. The number of rotatable bonds is 3. The third kappa shape index (κ3) is 3.72. The normalized spacial score (nSPS) is 20.7. The number of carbonyl (C=O) groups excluding carboxylic acids is 1. The lowest BCUT2D eigenvalue weighted by Gasteiger charge is -2.34. The molecule has 1 unspecified atom stereocenters. The number of anilines is 1. The first-order chi connectivity index (χ1) is 14.3. The highest BCUT2D eigenvalue weighted by Gasteiger charge is 2.38. The molecule has 0 radical (unpaired) electrons. The van der Waals surface area contributed by atoms with Gasteiger partial charge in [-0.15, -0.1) is 0 Å². The van der Waals surface area contributed by atoms with Gasteiger partial charge in [0.1, 0.15) is 10.6 Å². The third-order valence-corrected chi connectivity index (χ3v) is 8.19. The van der Waals surface area contributed by atoms with Gasteiger partial charge in [0, 0.05) is 45.5 Å². The van der Waals surface area contributed by atoms with Gasteiger partial charge in [-0.05, 0) is 38.3 Å². The number of aryl methyl sites for hydroxylation is 2. The van der Waals surface area contributed by atoms with Crippen molar-refractivity contribution in [3.63, 3.8) is 0 Å². The summed E-state index contributed by atoms with van der Waals surface area (Å²) in [6.45, 7) is 5.74. The molecule has 0 bridgehead atoms. The fourth-order valence-electron chi connectivity index (χ4n) is 4.47. The molecule has 0 spiro atoms. The van der Waals surface area contributed by atoms with Crippen molar-refractivity contribution < 1.29 is 17.7 Å². The first kappa shape index (κ1) is 20.9. The van der Waals surface area contributed by atoms with E-state index in [4.69, 9.17) is 4.52 Å². The van der Waals surface area contributed by atoms with Gasteiger partial charge in [-0.3, -0.25) is 4.79 Å². The molecule has 2 aliphatic rings. The van der Waals surface area contributed by atoms with Crippen LogP contribution in [0.15, 0.2) is 33.7 Å². The van der Waals surface area contributed by atoms with Gasteiger partial charge in [0.05, 0.1) is 5.92 Å². The Balaban J connectivity index is 1.53. The van der Waals surface area contributed by atoms with Crippen molar-refractivity contribution in [1.29, 1.82) is 0 Å². The smallest absolute Gasteiger partial charge is 0.248 e. The second-order valence-electron chi connectivity index (χ2n) is 8.17. The highest BCUT2D eigenvalue weighted by Crippen LogP contribution is 2.30. The van der Waals surface area contributed by atoms with Crippen LogP contribution < -0.4 is 4.90 Å². The number of hydrogen-bond acceptors (Lipinski definition) is 6. The Morgan fingerprint density at radius 1 is 1.17 bits per heavy atom. The number of likely N-dealkylation sites (N-methyl/N-ethyl adjacent to an activating group) is 1. The summed E-state index contributed by atoms with van der Waals surface area (Å²) in [5.41, 5.74) is 2.61. The van der Waals surface area contributed by atoms with Gasteiger partial charge in [-0.1, -0.05) is 23.4 Å². The van der Waals surface area contributed by atoms with Gasteiger partial charge in [0.15, 0.2) is 5.76 Å². The molecule has 2 aromatic rings. The van der Waals surface area contributed by atoms with Crippen LogP contribution in [0.1, 0.15) is 29.9 Å². The van der Waals surface area contributed by atoms with E-state index in [1.807, 2.05) is 30.1 Å². The largest absolute Gasteiger partial charge is 0.373 e. The molecular formula is C21H28N4O4S. The Morgan fingerprint density at radius 2 is 1.93 bits per heavy atom. The van der Waals surface area contributed by atoms with Crippen molar-refractivity contribution >= 4 is 21.6 Å². The summed E-state index contributed by atoms with van der Waals surface area (Å²) in [5, 5.41) is 3.78. The third-order valence-electron chi connectivity index (χ3n) is 6.08. The number of sulfonamides is 1. The minimum absolute atomic E-state index is 0.0266. The number of amides is 1. The number of nitrogens with zero attached hydrogens (tertiary/aromatic N) is 4. The minimum Gasteiger partial charge on any atom is -0.373 e. The fraction of sp³-hybridized carbons (Fsp3) is 0.524. The summed E-state index contributed by atoms with van der Waals surface area (Å²) >= 11 is 0. The molecular weight excluding hydrogens is 404 g/mol. The maximum absolute atomic E-state index is 13.4. The van der Waals surface area contributed by atoms with E-state index in [0.29, 0.717) is 38.2 Å². The average molecular weight is 433 g/mol. The average Bonchev–Trinajstić information content (AvgIpc) is 2.99. The van der Waals surface area contributed by atoms with E-state index in [1.54, 1.807) is 13.8 Å². The van der Waals surface area contributed by atoms with Crippen LogP contribution in [0.3, 0.4) is 0 Å². The molecule has 162 valence electrons. The second-order valence-corrected chi connectivity index (χ2v) is 10.0. The van der Waals surface area contributed by atoms with Gasteiger partial charge >= 0.3 is 0 Å². The van der Waals surface area contributed by atoms with Gasteiger partial charge in [-0.25, -0.2) is 8.42 Å². The van der Waals surface area contributed by atoms with Crippen molar-refractivity contribution in [2.75, 3.05) is 38.1 Å². The molecule has 4 rings (SSSR count). The molecule has 1 aromatic heterocycles. The number of aromatic nitrogens is 1. The van der Waals surface area contributed by atoms with Crippen molar-refractivity contribution in [3.8, 4) is 0 Å². The van der Waals surface area contributed by atoms with Gasteiger partial charge in [-0.2, -0.15) is 4.31 Å². The first-order valence-corrected chi connectivity index (χ1v) is 11.7. The van der Waals surface area contributed by atoms with E-state index >= 15 is 0 Å². The summed E-state index contributed by atoms with van der Waals surface area (Å²) in [4.78, 5) is 17.5. The van der Waals surface area contributed by atoms with Crippen LogP contribution in [0, 0.1) is 19.8 Å². The van der Waals surface area contributed by atoms with Crippen LogP contribution >= 0.6 is 0 Å². The minimum atomic E-state index is -3.74. The molecule has 1 atom stereocenters. The molecule has 0 aliphatic carbocycles. The zero-order chi connectivity index (χ0) is 21.5. The Hall–Kier alpha value is -2.39. The summed E-state index contributed by atoms with van der Waals surface area (Å²) < 4.78 is 32.9. The molecule has 0 N–H and O–H groups in total. The molecule has 0 saturated carbocycles. The van der Waals surface area contributed by atoms with E-state index in [2.05, 4.69) is 16.1 Å². The number of fused-ring (bicyclic) bond motifs is 1. The quantitative estimate of drug-likeness (QED) is 0.739. The molecule has 30 heavy (non-hydrogen) atoms. The molecule has 1 fully saturated rings. The lowest BCUT2D eigenvalue weighted by Crippen LogP contribution is -2.47. The van der Waals surface area contributed by atoms with Gasteiger partial charge < -0.3 is 14.3 Å². The topological polar surface area (TPSA) is 87.0 Å². The molecule has 2 aliphatic heterocycles.